The van der Waals surface area contributed by atoms with E-state index in [4.69, 9.17) is 37.1 Å². The second-order valence-electron chi connectivity index (χ2n) is 6.99. The van der Waals surface area contributed by atoms with E-state index in [9.17, 15) is 14.4 Å². The van der Waals surface area contributed by atoms with E-state index in [1.165, 1.54) is 19.6 Å². The molecule has 10 nitrogen and oxygen atoms in total. The van der Waals surface area contributed by atoms with Gasteiger partial charge in [-0.05, 0) is 64.0 Å². The lowest BCUT2D eigenvalue weighted by Gasteiger charge is -2.13. The number of carbonyl (C=O) groups excluding carboxylic acids is 3. The summed E-state index contributed by atoms with van der Waals surface area (Å²) in [6.45, 7) is -0.255. The molecule has 3 N–H and O–H groups in total. The third-order valence-corrected chi connectivity index (χ3v) is 5.36. The van der Waals surface area contributed by atoms with E-state index in [2.05, 4.69) is 37.1 Å². The van der Waals surface area contributed by atoms with Gasteiger partial charge in [-0.1, -0.05) is 23.2 Å². The fraction of sp³-hybridized carbons (Fsp3) is 0.130. The van der Waals surface area contributed by atoms with E-state index < -0.39 is 17.7 Å². The molecule has 0 atom stereocenters. The van der Waals surface area contributed by atoms with E-state index in [-0.39, 0.29) is 18.9 Å². The number of benzene rings is 2. The minimum atomic E-state index is -0.948. The maximum absolute atomic E-state index is 12.3. The van der Waals surface area contributed by atoms with Crippen LogP contribution in [0.1, 0.15) is 11.3 Å². The molecule has 3 aromatic rings. The summed E-state index contributed by atoms with van der Waals surface area (Å²) in [5.41, 5.74) is 3.07. The van der Waals surface area contributed by atoms with Crippen molar-refractivity contribution < 1.29 is 28.3 Å². The van der Waals surface area contributed by atoms with Crippen LogP contribution in [0.3, 0.4) is 0 Å². The number of rotatable bonds is 9. The van der Waals surface area contributed by atoms with E-state index in [0.29, 0.717) is 37.3 Å². The van der Waals surface area contributed by atoms with Crippen molar-refractivity contribution in [2.24, 2.45) is 5.10 Å². The zero-order chi connectivity index (χ0) is 26.1. The SMILES string of the molecule is COc1cc(/C=N\NC(=O)C(=O)NCc2ccco2)cc(Br)c1OCC(=O)Nc1cc(Cl)cc(Cl)c1. The molecule has 2 aromatic carbocycles. The molecule has 1 aromatic heterocycles. The Balaban J connectivity index is 1.56. The molecule has 0 aliphatic heterocycles. The molecule has 3 rings (SSSR count). The quantitative estimate of drug-likeness (QED) is 0.193. The first kappa shape index (κ1) is 27.1. The van der Waals surface area contributed by atoms with Gasteiger partial charge in [0.05, 0.1) is 30.6 Å². The Morgan fingerprint density at radius 1 is 1.11 bits per heavy atom. The lowest BCUT2D eigenvalue weighted by molar-refractivity contribution is -0.139. The number of amides is 3. The Morgan fingerprint density at radius 3 is 2.53 bits per heavy atom. The Labute approximate surface area is 224 Å². The van der Waals surface area contributed by atoms with Gasteiger partial charge in [-0.3, -0.25) is 14.4 Å². The second-order valence-corrected chi connectivity index (χ2v) is 8.72. The molecule has 0 spiro atoms. The number of halogens is 3. The van der Waals surface area contributed by atoms with Gasteiger partial charge in [-0.15, -0.1) is 0 Å². The van der Waals surface area contributed by atoms with Crippen LogP contribution in [0.2, 0.25) is 10.0 Å². The number of anilines is 1. The molecule has 0 bridgehead atoms. The monoisotopic (exact) mass is 596 g/mol. The predicted molar refractivity (Wildman–Crippen MR) is 138 cm³/mol. The van der Waals surface area contributed by atoms with Crippen LogP contribution in [0.5, 0.6) is 11.5 Å². The van der Waals surface area contributed by atoms with Gasteiger partial charge >= 0.3 is 11.8 Å². The summed E-state index contributed by atoms with van der Waals surface area (Å²) in [6.07, 6.45) is 2.77. The summed E-state index contributed by atoms with van der Waals surface area (Å²) in [6, 6.07) is 11.2. The second kappa shape index (κ2) is 13.0. The number of ether oxygens (including phenoxy) is 2. The number of carbonyl (C=O) groups is 3. The minimum Gasteiger partial charge on any atom is -0.493 e. The molecule has 0 radical (unpaired) electrons. The third kappa shape index (κ3) is 8.01. The average molecular weight is 598 g/mol. The number of nitrogens with one attached hydrogen (secondary N) is 3. The van der Waals surface area contributed by atoms with E-state index in [0.717, 1.165) is 0 Å². The van der Waals surface area contributed by atoms with Crippen LogP contribution in [0.4, 0.5) is 5.69 Å². The molecule has 0 aliphatic carbocycles. The predicted octanol–water partition coefficient (Wildman–Crippen LogP) is 4.14. The Morgan fingerprint density at radius 2 is 1.86 bits per heavy atom. The topological polar surface area (TPSA) is 131 Å². The van der Waals surface area contributed by atoms with Crippen LogP contribution in [0.25, 0.3) is 0 Å². The van der Waals surface area contributed by atoms with Crippen molar-refractivity contribution in [1.29, 1.82) is 0 Å². The highest BCUT2D eigenvalue weighted by atomic mass is 79.9. The number of furan rings is 1. The summed E-state index contributed by atoms with van der Waals surface area (Å²) < 4.78 is 16.5. The third-order valence-electron chi connectivity index (χ3n) is 4.33. The standard InChI is InChI=1S/C23H19BrCl2N4O6/c1-34-19-6-13(10-28-30-23(33)22(32)27-11-17-3-2-4-35-17)5-18(24)21(19)36-12-20(31)29-16-8-14(25)7-15(26)9-16/h2-10H,11-12H2,1H3,(H,27,32)(H,29,31)(H,30,33)/b28-10-. The molecule has 0 fully saturated rings. The molecule has 1 heterocycles. The highest BCUT2D eigenvalue weighted by molar-refractivity contribution is 9.10. The van der Waals surface area contributed by atoms with Crippen molar-refractivity contribution in [3.63, 3.8) is 0 Å². The molecular weight excluding hydrogens is 579 g/mol. The minimum absolute atomic E-state index is 0.0689. The molecule has 36 heavy (non-hydrogen) atoms. The van der Waals surface area contributed by atoms with Gasteiger partial charge in [0.15, 0.2) is 18.1 Å². The van der Waals surface area contributed by atoms with Crippen LogP contribution in [0.15, 0.2) is 62.7 Å². The molecular formula is C23H19BrCl2N4O6. The highest BCUT2D eigenvalue weighted by Crippen LogP contribution is 2.36. The Kier molecular flexibility index (Phi) is 9.74. The van der Waals surface area contributed by atoms with E-state index in [1.54, 1.807) is 42.5 Å². The van der Waals surface area contributed by atoms with Crippen LogP contribution in [-0.4, -0.2) is 37.7 Å². The van der Waals surface area contributed by atoms with Crippen molar-refractivity contribution >= 4 is 68.8 Å². The fourth-order valence-corrected chi connectivity index (χ4v) is 3.89. The largest absolute Gasteiger partial charge is 0.493 e. The Bertz CT molecular complexity index is 1260. The van der Waals surface area contributed by atoms with Gasteiger partial charge in [-0.25, -0.2) is 5.43 Å². The lowest BCUT2D eigenvalue weighted by atomic mass is 10.2. The summed E-state index contributed by atoms with van der Waals surface area (Å²) in [5.74, 6) is -1.19. The number of nitrogens with zero attached hydrogens (tertiary/aromatic N) is 1. The molecule has 0 saturated carbocycles. The molecule has 0 saturated heterocycles. The van der Waals surface area contributed by atoms with Crippen molar-refractivity contribution in [2.75, 3.05) is 19.0 Å². The highest BCUT2D eigenvalue weighted by Gasteiger charge is 2.15. The van der Waals surface area contributed by atoms with Crippen molar-refractivity contribution in [2.45, 2.75) is 6.54 Å². The van der Waals surface area contributed by atoms with Gasteiger partial charge in [0, 0.05) is 15.7 Å². The maximum Gasteiger partial charge on any atom is 0.329 e. The molecule has 0 aliphatic rings. The lowest BCUT2D eigenvalue weighted by Crippen LogP contribution is -2.37. The summed E-state index contributed by atoms with van der Waals surface area (Å²) in [4.78, 5) is 36.0. The molecule has 188 valence electrons. The zero-order valence-electron chi connectivity index (χ0n) is 18.6. The van der Waals surface area contributed by atoms with Crippen molar-refractivity contribution in [3.8, 4) is 11.5 Å². The first-order valence-electron chi connectivity index (χ1n) is 10.1. The van der Waals surface area contributed by atoms with Crippen LogP contribution >= 0.6 is 39.1 Å². The molecule has 3 amide bonds. The van der Waals surface area contributed by atoms with Gasteiger partial charge in [-0.2, -0.15) is 5.10 Å². The van der Waals surface area contributed by atoms with E-state index >= 15 is 0 Å². The maximum atomic E-state index is 12.3. The number of hydrogen-bond donors (Lipinski definition) is 3. The molecule has 0 unspecified atom stereocenters. The number of methoxy groups -OCH3 is 1. The van der Waals surface area contributed by atoms with Crippen molar-refractivity contribution in [1.82, 2.24) is 10.7 Å². The van der Waals surface area contributed by atoms with Gasteiger partial charge in [0.25, 0.3) is 5.91 Å². The van der Waals surface area contributed by atoms with Gasteiger partial charge in [0.1, 0.15) is 5.76 Å². The summed E-state index contributed by atoms with van der Waals surface area (Å²) in [5, 5.41) is 9.58. The fourth-order valence-electron chi connectivity index (χ4n) is 2.79. The summed E-state index contributed by atoms with van der Waals surface area (Å²) in [7, 11) is 1.43. The zero-order valence-corrected chi connectivity index (χ0v) is 21.7. The van der Waals surface area contributed by atoms with Gasteiger partial charge < -0.3 is 24.5 Å². The van der Waals surface area contributed by atoms with Crippen LogP contribution < -0.4 is 25.5 Å². The first-order valence-corrected chi connectivity index (χ1v) is 11.7. The van der Waals surface area contributed by atoms with Crippen LogP contribution in [-0.2, 0) is 20.9 Å². The first-order chi connectivity index (χ1) is 17.2. The normalized spacial score (nSPS) is 10.7. The number of hydrazone groups is 1. The van der Waals surface area contributed by atoms with Gasteiger partial charge in [0.2, 0.25) is 0 Å². The van der Waals surface area contributed by atoms with Crippen molar-refractivity contribution in [3.05, 3.63) is 74.6 Å². The van der Waals surface area contributed by atoms with E-state index in [1.807, 2.05) is 0 Å². The smallest absolute Gasteiger partial charge is 0.329 e. The molecule has 13 heteroatoms. The van der Waals surface area contributed by atoms with Crippen LogP contribution in [0, 0.1) is 0 Å². The Hall–Kier alpha value is -3.54. The number of hydrogen-bond acceptors (Lipinski definition) is 7. The average Bonchev–Trinajstić information content (AvgIpc) is 3.34. The summed E-state index contributed by atoms with van der Waals surface area (Å²) >= 11 is 15.2.